The SMILES string of the molecule is COc1ccc(S(=O)(=O)NC(C)c2ccncc2)cc1OC. The molecule has 0 saturated heterocycles. The third kappa shape index (κ3) is 3.55. The number of hydrogen-bond donors (Lipinski definition) is 1. The maximum absolute atomic E-state index is 12.5. The number of aromatic nitrogens is 1. The summed E-state index contributed by atoms with van der Waals surface area (Å²) in [5, 5.41) is 0. The van der Waals surface area contributed by atoms with Crippen LogP contribution in [0.1, 0.15) is 18.5 Å². The van der Waals surface area contributed by atoms with Crippen molar-refractivity contribution in [2.45, 2.75) is 17.9 Å². The average Bonchev–Trinajstić information content (AvgIpc) is 2.54. The second kappa shape index (κ2) is 6.76. The quantitative estimate of drug-likeness (QED) is 0.881. The highest BCUT2D eigenvalue weighted by molar-refractivity contribution is 7.89. The summed E-state index contributed by atoms with van der Waals surface area (Å²) in [6.45, 7) is 1.77. The molecule has 2 aromatic rings. The minimum Gasteiger partial charge on any atom is -0.493 e. The molecule has 118 valence electrons. The van der Waals surface area contributed by atoms with Crippen LogP contribution in [0.15, 0.2) is 47.6 Å². The topological polar surface area (TPSA) is 77.5 Å². The lowest BCUT2D eigenvalue weighted by Crippen LogP contribution is -2.26. The summed E-state index contributed by atoms with van der Waals surface area (Å²) in [6, 6.07) is 7.62. The molecule has 0 bridgehead atoms. The number of sulfonamides is 1. The van der Waals surface area contributed by atoms with Crippen molar-refractivity contribution in [2.24, 2.45) is 0 Å². The summed E-state index contributed by atoms with van der Waals surface area (Å²) >= 11 is 0. The molecule has 22 heavy (non-hydrogen) atoms. The van der Waals surface area contributed by atoms with Gasteiger partial charge in [-0.3, -0.25) is 4.98 Å². The van der Waals surface area contributed by atoms with Gasteiger partial charge in [0.05, 0.1) is 19.1 Å². The summed E-state index contributed by atoms with van der Waals surface area (Å²) in [5.41, 5.74) is 0.832. The lowest BCUT2D eigenvalue weighted by Gasteiger charge is -2.15. The van der Waals surface area contributed by atoms with Crippen LogP contribution in [0.2, 0.25) is 0 Å². The van der Waals surface area contributed by atoms with Gasteiger partial charge in [-0.2, -0.15) is 0 Å². The van der Waals surface area contributed by atoms with Crippen LogP contribution in [0.4, 0.5) is 0 Å². The molecule has 0 saturated carbocycles. The Balaban J connectivity index is 2.27. The first-order valence-corrected chi connectivity index (χ1v) is 8.10. The van der Waals surface area contributed by atoms with Crippen LogP contribution >= 0.6 is 0 Å². The van der Waals surface area contributed by atoms with E-state index in [9.17, 15) is 8.42 Å². The van der Waals surface area contributed by atoms with Gasteiger partial charge in [-0.05, 0) is 36.8 Å². The molecule has 1 aromatic heterocycles. The predicted octanol–water partition coefficient (Wildman–Crippen LogP) is 2.14. The number of pyridine rings is 1. The van der Waals surface area contributed by atoms with E-state index in [2.05, 4.69) is 9.71 Å². The zero-order chi connectivity index (χ0) is 16.2. The van der Waals surface area contributed by atoms with Crippen molar-refractivity contribution >= 4 is 10.0 Å². The highest BCUT2D eigenvalue weighted by Crippen LogP contribution is 2.29. The minimum atomic E-state index is -3.67. The fraction of sp³-hybridized carbons (Fsp3) is 0.267. The van der Waals surface area contributed by atoms with Gasteiger partial charge in [0.25, 0.3) is 0 Å². The highest BCUT2D eigenvalue weighted by Gasteiger charge is 2.20. The minimum absolute atomic E-state index is 0.117. The van der Waals surface area contributed by atoms with Crippen LogP contribution in [0.25, 0.3) is 0 Å². The van der Waals surface area contributed by atoms with Gasteiger partial charge in [-0.1, -0.05) is 0 Å². The molecule has 0 amide bonds. The van der Waals surface area contributed by atoms with E-state index in [4.69, 9.17) is 9.47 Å². The summed E-state index contributed by atoms with van der Waals surface area (Å²) in [7, 11) is -0.716. The summed E-state index contributed by atoms with van der Waals surface area (Å²) in [6.07, 6.45) is 3.24. The van der Waals surface area contributed by atoms with E-state index < -0.39 is 10.0 Å². The maximum atomic E-state index is 12.5. The van der Waals surface area contributed by atoms with Gasteiger partial charge in [0.1, 0.15) is 0 Å². The molecule has 2 rings (SSSR count). The molecule has 0 fully saturated rings. The summed E-state index contributed by atoms with van der Waals surface area (Å²) in [4.78, 5) is 4.03. The van der Waals surface area contributed by atoms with Gasteiger partial charge < -0.3 is 9.47 Å². The van der Waals surface area contributed by atoms with E-state index in [1.165, 1.54) is 26.4 Å². The van der Waals surface area contributed by atoms with E-state index >= 15 is 0 Å². The second-order valence-electron chi connectivity index (χ2n) is 4.64. The molecule has 1 N–H and O–H groups in total. The van der Waals surface area contributed by atoms with Gasteiger partial charge in [-0.15, -0.1) is 0 Å². The van der Waals surface area contributed by atoms with Crippen LogP contribution in [0.3, 0.4) is 0 Å². The second-order valence-corrected chi connectivity index (χ2v) is 6.35. The van der Waals surface area contributed by atoms with Crippen molar-refractivity contribution in [1.82, 2.24) is 9.71 Å². The van der Waals surface area contributed by atoms with E-state index in [0.29, 0.717) is 11.5 Å². The predicted molar refractivity (Wildman–Crippen MR) is 82.5 cm³/mol. The first-order valence-electron chi connectivity index (χ1n) is 6.62. The molecule has 7 heteroatoms. The molecule has 0 aliphatic carbocycles. The number of benzene rings is 1. The van der Waals surface area contributed by atoms with E-state index in [1.54, 1.807) is 37.5 Å². The van der Waals surface area contributed by atoms with Crippen LogP contribution < -0.4 is 14.2 Å². The third-order valence-electron chi connectivity index (χ3n) is 3.20. The number of nitrogens with one attached hydrogen (secondary N) is 1. The zero-order valence-electron chi connectivity index (χ0n) is 12.6. The molecule has 0 aliphatic heterocycles. The molecule has 0 aliphatic rings. The van der Waals surface area contributed by atoms with Gasteiger partial charge in [-0.25, -0.2) is 13.1 Å². The lowest BCUT2D eigenvalue weighted by molar-refractivity contribution is 0.354. The van der Waals surface area contributed by atoms with E-state index in [-0.39, 0.29) is 10.9 Å². The number of rotatable bonds is 6. The number of hydrogen-bond acceptors (Lipinski definition) is 5. The van der Waals surface area contributed by atoms with Crippen molar-refractivity contribution in [3.63, 3.8) is 0 Å². The van der Waals surface area contributed by atoms with Crippen molar-refractivity contribution in [3.8, 4) is 11.5 Å². The Morgan fingerprint density at radius 2 is 1.68 bits per heavy atom. The molecule has 0 spiro atoms. The fourth-order valence-electron chi connectivity index (χ4n) is 2.00. The van der Waals surface area contributed by atoms with E-state index in [0.717, 1.165) is 5.56 Å². The van der Waals surface area contributed by atoms with Crippen LogP contribution in [0, 0.1) is 0 Å². The first-order chi connectivity index (χ1) is 10.5. The molecule has 1 unspecified atom stereocenters. The van der Waals surface area contributed by atoms with Gasteiger partial charge in [0.2, 0.25) is 10.0 Å². The number of methoxy groups -OCH3 is 2. The Kier molecular flexibility index (Phi) is 4.99. The molecule has 6 nitrogen and oxygen atoms in total. The van der Waals surface area contributed by atoms with Crippen molar-refractivity contribution in [3.05, 3.63) is 48.3 Å². The smallest absolute Gasteiger partial charge is 0.241 e. The third-order valence-corrected chi connectivity index (χ3v) is 4.74. The molecule has 0 radical (unpaired) electrons. The normalized spacial score (nSPS) is 12.7. The standard InChI is InChI=1S/C15H18N2O4S/c1-11(12-6-8-16-9-7-12)17-22(18,19)13-4-5-14(20-2)15(10-13)21-3/h4-11,17H,1-3H3. The molecule has 1 aromatic carbocycles. The van der Waals surface area contributed by atoms with Crippen LogP contribution in [-0.2, 0) is 10.0 Å². The van der Waals surface area contributed by atoms with Crippen molar-refractivity contribution in [1.29, 1.82) is 0 Å². The highest BCUT2D eigenvalue weighted by atomic mass is 32.2. The van der Waals surface area contributed by atoms with Crippen molar-refractivity contribution in [2.75, 3.05) is 14.2 Å². The van der Waals surface area contributed by atoms with Crippen LogP contribution in [0.5, 0.6) is 11.5 Å². The Bertz CT molecular complexity index is 732. The summed E-state index contributed by atoms with van der Waals surface area (Å²) < 4.78 is 37.8. The average molecular weight is 322 g/mol. The maximum Gasteiger partial charge on any atom is 0.241 e. The van der Waals surface area contributed by atoms with Gasteiger partial charge in [0.15, 0.2) is 11.5 Å². The number of ether oxygens (including phenoxy) is 2. The fourth-order valence-corrected chi connectivity index (χ4v) is 3.25. The Morgan fingerprint density at radius 1 is 1.05 bits per heavy atom. The molecular weight excluding hydrogens is 304 g/mol. The van der Waals surface area contributed by atoms with Gasteiger partial charge >= 0.3 is 0 Å². The Labute approximate surface area is 130 Å². The van der Waals surface area contributed by atoms with Crippen molar-refractivity contribution < 1.29 is 17.9 Å². The zero-order valence-corrected chi connectivity index (χ0v) is 13.4. The van der Waals surface area contributed by atoms with E-state index in [1.807, 2.05) is 0 Å². The first kappa shape index (κ1) is 16.3. The van der Waals surface area contributed by atoms with Crippen LogP contribution in [-0.4, -0.2) is 27.6 Å². The summed E-state index contributed by atoms with van der Waals surface area (Å²) in [5.74, 6) is 0.838. The monoisotopic (exact) mass is 322 g/mol. The lowest BCUT2D eigenvalue weighted by atomic mass is 10.1. The Morgan fingerprint density at radius 3 is 2.27 bits per heavy atom. The number of nitrogens with zero attached hydrogens (tertiary/aromatic N) is 1. The molecule has 1 atom stereocenters. The largest absolute Gasteiger partial charge is 0.493 e. The van der Waals surface area contributed by atoms with Gasteiger partial charge in [0, 0.05) is 24.5 Å². The molecule has 1 heterocycles. The molecular formula is C15H18N2O4S. The Hall–Kier alpha value is -2.12.